The molecule has 2 aromatic rings. The lowest BCUT2D eigenvalue weighted by atomic mass is 9.99. The Kier molecular flexibility index (Phi) is 7.99. The van der Waals surface area contributed by atoms with E-state index >= 15 is 0 Å². The predicted molar refractivity (Wildman–Crippen MR) is 112 cm³/mol. The highest BCUT2D eigenvalue weighted by atomic mass is 35.5. The molecule has 1 aliphatic rings. The third-order valence-corrected chi connectivity index (χ3v) is 4.73. The second-order valence-electron chi connectivity index (χ2n) is 6.79. The first-order valence-electron chi connectivity index (χ1n) is 9.20. The molecule has 1 atom stereocenters. The number of methoxy groups -OCH3 is 1. The minimum atomic E-state index is -0.832. The summed E-state index contributed by atoms with van der Waals surface area (Å²) >= 11 is 0. The monoisotopic (exact) mass is 421 g/mol. The number of halogens is 2. The van der Waals surface area contributed by atoms with Gasteiger partial charge in [-0.1, -0.05) is 18.2 Å². The number of ether oxygens (including phenoxy) is 1. The van der Waals surface area contributed by atoms with Crippen molar-refractivity contribution in [2.75, 3.05) is 19.0 Å². The first kappa shape index (κ1) is 22.6. The van der Waals surface area contributed by atoms with Crippen molar-refractivity contribution in [2.24, 2.45) is 0 Å². The third kappa shape index (κ3) is 5.68. The number of hydrogen-bond acceptors (Lipinski definition) is 4. The fraction of sp³-hybridized carbons (Fsp3) is 0.333. The number of carbonyl (C=O) groups excluding carboxylic acids is 2. The molecular weight excluding hydrogens is 397 g/mol. The number of nitrogens with one attached hydrogen (secondary N) is 3. The maximum absolute atomic E-state index is 14.8. The van der Waals surface area contributed by atoms with E-state index in [1.54, 1.807) is 25.3 Å². The van der Waals surface area contributed by atoms with Crippen LogP contribution in [0.4, 0.5) is 10.1 Å². The molecule has 6 nitrogen and oxygen atoms in total. The fourth-order valence-corrected chi connectivity index (χ4v) is 3.34. The van der Waals surface area contributed by atoms with E-state index in [0.717, 1.165) is 11.1 Å². The zero-order valence-corrected chi connectivity index (χ0v) is 17.2. The van der Waals surface area contributed by atoms with E-state index in [0.29, 0.717) is 30.8 Å². The van der Waals surface area contributed by atoms with Crippen molar-refractivity contribution in [1.82, 2.24) is 10.6 Å². The largest absolute Gasteiger partial charge is 0.497 e. The predicted octanol–water partition coefficient (Wildman–Crippen LogP) is 2.59. The smallest absolute Gasteiger partial charge is 0.247 e. The van der Waals surface area contributed by atoms with Crippen molar-refractivity contribution in [2.45, 2.75) is 32.4 Å². The molecule has 0 saturated carbocycles. The minimum absolute atomic E-state index is 0. The van der Waals surface area contributed by atoms with Crippen molar-refractivity contribution in [3.05, 3.63) is 58.9 Å². The van der Waals surface area contributed by atoms with Gasteiger partial charge in [0.15, 0.2) is 0 Å². The third-order valence-electron chi connectivity index (χ3n) is 4.73. The van der Waals surface area contributed by atoms with Gasteiger partial charge in [-0.3, -0.25) is 9.59 Å². The maximum atomic E-state index is 14.8. The summed E-state index contributed by atoms with van der Waals surface area (Å²) in [6.07, 6.45) is 0.836. The zero-order chi connectivity index (χ0) is 20.1. The molecule has 29 heavy (non-hydrogen) atoms. The Labute approximate surface area is 175 Å². The van der Waals surface area contributed by atoms with Crippen molar-refractivity contribution in [3.8, 4) is 5.75 Å². The molecule has 1 heterocycles. The lowest BCUT2D eigenvalue weighted by Crippen LogP contribution is -2.44. The lowest BCUT2D eigenvalue weighted by molar-refractivity contribution is -0.125. The lowest BCUT2D eigenvalue weighted by Gasteiger charge is -2.21. The summed E-state index contributed by atoms with van der Waals surface area (Å²) < 4.78 is 20.0. The highest BCUT2D eigenvalue weighted by Gasteiger charge is 2.23. The fourth-order valence-electron chi connectivity index (χ4n) is 3.34. The van der Waals surface area contributed by atoms with Crippen LogP contribution in [0.25, 0.3) is 0 Å². The van der Waals surface area contributed by atoms with Crippen molar-refractivity contribution < 1.29 is 18.7 Å². The van der Waals surface area contributed by atoms with Crippen LogP contribution >= 0.6 is 12.4 Å². The first-order valence-corrected chi connectivity index (χ1v) is 9.20. The maximum Gasteiger partial charge on any atom is 0.247 e. The number of fused-ring (bicyclic) bond motifs is 1. The number of anilines is 1. The average Bonchev–Trinajstić information content (AvgIpc) is 2.69. The minimum Gasteiger partial charge on any atom is -0.497 e. The van der Waals surface area contributed by atoms with E-state index in [9.17, 15) is 14.0 Å². The molecule has 0 radical (unpaired) electrons. The number of amides is 2. The van der Waals surface area contributed by atoms with Gasteiger partial charge in [0.1, 0.15) is 17.6 Å². The summed E-state index contributed by atoms with van der Waals surface area (Å²) in [5.74, 6) is -0.546. The van der Waals surface area contributed by atoms with Crippen LogP contribution in [0.15, 0.2) is 36.4 Å². The number of carbonyl (C=O) groups is 2. The van der Waals surface area contributed by atoms with Gasteiger partial charge >= 0.3 is 0 Å². The SMILES string of the molecule is COc1cccc(CC(NC(C)=O)C(=O)Nc2ccc3c(c2F)CCNC3)c1.Cl. The molecule has 156 valence electrons. The highest BCUT2D eigenvalue weighted by Crippen LogP contribution is 2.25. The Morgan fingerprint density at radius 2 is 2.07 bits per heavy atom. The van der Waals surface area contributed by atoms with E-state index in [-0.39, 0.29) is 30.4 Å². The first-order chi connectivity index (χ1) is 13.5. The van der Waals surface area contributed by atoms with Gasteiger partial charge < -0.3 is 20.7 Å². The topological polar surface area (TPSA) is 79.5 Å². The van der Waals surface area contributed by atoms with E-state index in [1.807, 2.05) is 18.2 Å². The summed E-state index contributed by atoms with van der Waals surface area (Å²) in [6, 6.07) is 9.81. The van der Waals surface area contributed by atoms with E-state index in [4.69, 9.17) is 4.74 Å². The van der Waals surface area contributed by atoms with Gasteiger partial charge in [-0.05, 0) is 47.9 Å². The molecule has 8 heteroatoms. The molecular formula is C21H25ClFN3O3. The molecule has 1 unspecified atom stereocenters. The van der Waals surface area contributed by atoms with Crippen molar-refractivity contribution in [3.63, 3.8) is 0 Å². The Morgan fingerprint density at radius 3 is 2.79 bits per heavy atom. The zero-order valence-electron chi connectivity index (χ0n) is 16.4. The second-order valence-corrected chi connectivity index (χ2v) is 6.79. The van der Waals surface area contributed by atoms with E-state index < -0.39 is 17.8 Å². The van der Waals surface area contributed by atoms with Gasteiger partial charge in [0.05, 0.1) is 12.8 Å². The van der Waals surface area contributed by atoms with Gasteiger partial charge in [0.25, 0.3) is 0 Å². The van der Waals surface area contributed by atoms with Gasteiger partial charge in [-0.2, -0.15) is 0 Å². The van der Waals surface area contributed by atoms with Crippen LogP contribution in [-0.2, 0) is 29.0 Å². The van der Waals surface area contributed by atoms with Gasteiger partial charge in [0.2, 0.25) is 11.8 Å². The van der Waals surface area contributed by atoms with Crippen molar-refractivity contribution in [1.29, 1.82) is 0 Å². The molecule has 0 aromatic heterocycles. The van der Waals surface area contributed by atoms with Crippen LogP contribution < -0.4 is 20.7 Å². The Hall–Kier alpha value is -2.64. The van der Waals surface area contributed by atoms with Gasteiger partial charge in [-0.25, -0.2) is 4.39 Å². The molecule has 2 aromatic carbocycles. The van der Waals surface area contributed by atoms with Gasteiger partial charge in [-0.15, -0.1) is 12.4 Å². The van der Waals surface area contributed by atoms with Crippen molar-refractivity contribution >= 4 is 29.9 Å². The molecule has 0 fully saturated rings. The van der Waals surface area contributed by atoms with Crippen LogP contribution in [0.5, 0.6) is 5.75 Å². The standard InChI is InChI=1S/C21H24FN3O3.ClH/c1-13(26)24-19(11-14-4-3-5-16(10-14)28-2)21(27)25-18-7-6-15-12-23-9-8-17(15)20(18)22;/h3-7,10,19,23H,8-9,11-12H2,1-2H3,(H,24,26)(H,25,27);1H. The van der Waals surface area contributed by atoms with Gasteiger partial charge in [0, 0.05) is 19.9 Å². The Morgan fingerprint density at radius 1 is 1.28 bits per heavy atom. The Bertz CT molecular complexity index is 891. The summed E-state index contributed by atoms with van der Waals surface area (Å²) in [6.45, 7) is 2.66. The number of benzene rings is 2. The highest BCUT2D eigenvalue weighted by molar-refractivity contribution is 5.97. The second kappa shape index (κ2) is 10.2. The summed E-state index contributed by atoms with van der Waals surface area (Å²) in [7, 11) is 1.56. The summed E-state index contributed by atoms with van der Waals surface area (Å²) in [5.41, 5.74) is 2.48. The number of hydrogen-bond donors (Lipinski definition) is 3. The average molecular weight is 422 g/mol. The van der Waals surface area contributed by atoms with Crippen LogP contribution in [-0.4, -0.2) is 31.5 Å². The molecule has 0 saturated heterocycles. The Balaban J connectivity index is 0.00000300. The summed E-state index contributed by atoms with van der Waals surface area (Å²) in [4.78, 5) is 24.4. The van der Waals surface area contributed by atoms with Crippen LogP contribution in [0, 0.1) is 5.82 Å². The molecule has 0 aliphatic carbocycles. The molecule has 0 bridgehead atoms. The number of rotatable bonds is 6. The molecule has 2 amide bonds. The summed E-state index contributed by atoms with van der Waals surface area (Å²) in [5, 5.41) is 8.47. The molecule has 1 aliphatic heterocycles. The van der Waals surface area contributed by atoms with Crippen LogP contribution in [0.1, 0.15) is 23.6 Å². The van der Waals surface area contributed by atoms with Crippen LogP contribution in [0.3, 0.4) is 0 Å². The normalized spacial score (nSPS) is 13.5. The quantitative estimate of drug-likeness (QED) is 0.669. The van der Waals surface area contributed by atoms with Crippen LogP contribution in [0.2, 0.25) is 0 Å². The molecule has 0 spiro atoms. The van der Waals surface area contributed by atoms with E-state index in [1.165, 1.54) is 6.92 Å². The van der Waals surface area contributed by atoms with E-state index in [2.05, 4.69) is 16.0 Å². The molecule has 3 N–H and O–H groups in total. The molecule has 3 rings (SSSR count).